The second kappa shape index (κ2) is 3.69. The molecule has 0 amide bonds. The SMILES string of the molecule is CCOC(=O)C1CC(NO)C1. The lowest BCUT2D eigenvalue weighted by molar-refractivity contribution is -0.152. The summed E-state index contributed by atoms with van der Waals surface area (Å²) in [5, 5.41) is 8.41. The van der Waals surface area contributed by atoms with Crippen LogP contribution in [0, 0.1) is 5.92 Å². The molecule has 1 saturated carbocycles. The quantitative estimate of drug-likeness (QED) is 0.459. The zero-order valence-corrected chi connectivity index (χ0v) is 6.54. The monoisotopic (exact) mass is 159 g/mol. The van der Waals surface area contributed by atoms with Crippen LogP contribution in [-0.2, 0) is 9.53 Å². The fourth-order valence-corrected chi connectivity index (χ4v) is 1.18. The van der Waals surface area contributed by atoms with Gasteiger partial charge in [-0.05, 0) is 19.8 Å². The average Bonchev–Trinajstić information content (AvgIpc) is 1.86. The summed E-state index contributed by atoms with van der Waals surface area (Å²) in [5.74, 6) is -0.140. The van der Waals surface area contributed by atoms with Gasteiger partial charge in [-0.1, -0.05) is 0 Å². The van der Waals surface area contributed by atoms with Crippen molar-refractivity contribution in [2.45, 2.75) is 25.8 Å². The zero-order valence-electron chi connectivity index (χ0n) is 6.54. The standard InChI is InChI=1S/C7H13NO3/c1-2-11-7(9)5-3-6(4-5)8-10/h5-6,8,10H,2-4H2,1H3. The molecule has 0 aromatic carbocycles. The number of carbonyl (C=O) groups is 1. The van der Waals surface area contributed by atoms with Gasteiger partial charge in [-0.2, -0.15) is 0 Å². The third-order valence-corrected chi connectivity index (χ3v) is 1.94. The number of carbonyl (C=O) groups excluding carboxylic acids is 1. The molecule has 1 aliphatic carbocycles. The Kier molecular flexibility index (Phi) is 2.84. The highest BCUT2D eigenvalue weighted by Gasteiger charge is 2.34. The highest BCUT2D eigenvalue weighted by Crippen LogP contribution is 2.27. The van der Waals surface area contributed by atoms with Crippen molar-refractivity contribution in [1.29, 1.82) is 0 Å². The maximum absolute atomic E-state index is 11.0. The molecule has 0 bridgehead atoms. The number of rotatable bonds is 3. The van der Waals surface area contributed by atoms with Gasteiger partial charge in [0.05, 0.1) is 12.5 Å². The molecule has 0 atom stereocenters. The molecule has 0 spiro atoms. The molecule has 1 rings (SSSR count). The van der Waals surface area contributed by atoms with Crippen LogP contribution >= 0.6 is 0 Å². The Morgan fingerprint density at radius 3 is 2.82 bits per heavy atom. The first-order chi connectivity index (χ1) is 5.27. The number of esters is 1. The van der Waals surface area contributed by atoms with Crippen LogP contribution in [0.2, 0.25) is 0 Å². The Morgan fingerprint density at radius 1 is 1.73 bits per heavy atom. The molecule has 1 fully saturated rings. The molecule has 0 aliphatic heterocycles. The Morgan fingerprint density at radius 2 is 2.36 bits per heavy atom. The summed E-state index contributed by atoms with van der Waals surface area (Å²) in [6.45, 7) is 2.23. The second-order valence-electron chi connectivity index (χ2n) is 2.75. The second-order valence-corrected chi connectivity index (χ2v) is 2.75. The van der Waals surface area contributed by atoms with Gasteiger partial charge in [-0.3, -0.25) is 4.79 Å². The van der Waals surface area contributed by atoms with Crippen LogP contribution in [0.5, 0.6) is 0 Å². The molecule has 0 radical (unpaired) electrons. The van der Waals surface area contributed by atoms with Crippen LogP contribution in [-0.4, -0.2) is 23.8 Å². The molecule has 0 aromatic rings. The summed E-state index contributed by atoms with van der Waals surface area (Å²) < 4.78 is 4.79. The van der Waals surface area contributed by atoms with Gasteiger partial charge in [0.15, 0.2) is 0 Å². The van der Waals surface area contributed by atoms with Gasteiger partial charge in [-0.25, -0.2) is 5.48 Å². The van der Waals surface area contributed by atoms with Crippen molar-refractivity contribution in [2.24, 2.45) is 5.92 Å². The molecule has 2 N–H and O–H groups in total. The molecule has 0 aromatic heterocycles. The van der Waals surface area contributed by atoms with E-state index in [-0.39, 0.29) is 17.9 Å². The van der Waals surface area contributed by atoms with Crippen molar-refractivity contribution in [2.75, 3.05) is 6.61 Å². The van der Waals surface area contributed by atoms with Crippen LogP contribution in [0.4, 0.5) is 0 Å². The van der Waals surface area contributed by atoms with Gasteiger partial charge in [0, 0.05) is 6.04 Å². The summed E-state index contributed by atoms with van der Waals surface area (Å²) in [4.78, 5) is 11.0. The van der Waals surface area contributed by atoms with E-state index in [1.807, 2.05) is 0 Å². The largest absolute Gasteiger partial charge is 0.466 e. The first-order valence-corrected chi connectivity index (χ1v) is 3.84. The van der Waals surface area contributed by atoms with Crippen LogP contribution in [0.25, 0.3) is 0 Å². The number of nitrogens with one attached hydrogen (secondary N) is 1. The van der Waals surface area contributed by atoms with E-state index < -0.39 is 0 Å². The normalized spacial score (nSPS) is 29.3. The van der Waals surface area contributed by atoms with Crippen LogP contribution < -0.4 is 5.48 Å². The molecule has 11 heavy (non-hydrogen) atoms. The first-order valence-electron chi connectivity index (χ1n) is 3.84. The Labute approximate surface area is 65.5 Å². The predicted molar refractivity (Wildman–Crippen MR) is 38.1 cm³/mol. The predicted octanol–water partition coefficient (Wildman–Crippen LogP) is 0.307. The van der Waals surface area contributed by atoms with Gasteiger partial charge in [0.2, 0.25) is 0 Å². The zero-order chi connectivity index (χ0) is 8.27. The van der Waals surface area contributed by atoms with Crippen molar-refractivity contribution in [3.05, 3.63) is 0 Å². The minimum Gasteiger partial charge on any atom is -0.466 e. The van der Waals surface area contributed by atoms with E-state index >= 15 is 0 Å². The molecule has 0 heterocycles. The van der Waals surface area contributed by atoms with Crippen molar-refractivity contribution < 1.29 is 14.7 Å². The summed E-state index contributed by atoms with van der Waals surface area (Å²) >= 11 is 0. The molecule has 64 valence electrons. The van der Waals surface area contributed by atoms with Gasteiger partial charge < -0.3 is 9.94 Å². The molecular weight excluding hydrogens is 146 g/mol. The molecule has 4 heteroatoms. The molecule has 0 saturated heterocycles. The van der Waals surface area contributed by atoms with Gasteiger partial charge in [0.25, 0.3) is 0 Å². The van der Waals surface area contributed by atoms with Crippen LogP contribution in [0.3, 0.4) is 0 Å². The smallest absolute Gasteiger partial charge is 0.309 e. The van der Waals surface area contributed by atoms with Gasteiger partial charge >= 0.3 is 5.97 Å². The highest BCUT2D eigenvalue weighted by molar-refractivity contribution is 5.73. The minimum atomic E-state index is -0.140. The molecule has 4 nitrogen and oxygen atoms in total. The summed E-state index contributed by atoms with van der Waals surface area (Å²) in [6.07, 6.45) is 1.38. The number of ether oxygens (including phenoxy) is 1. The van der Waals surface area contributed by atoms with Gasteiger partial charge in [0.1, 0.15) is 0 Å². The van der Waals surface area contributed by atoms with Crippen molar-refractivity contribution in [1.82, 2.24) is 5.48 Å². The van der Waals surface area contributed by atoms with Crippen LogP contribution in [0.15, 0.2) is 0 Å². The Bertz CT molecular complexity index is 143. The van der Waals surface area contributed by atoms with Crippen LogP contribution in [0.1, 0.15) is 19.8 Å². The maximum atomic E-state index is 11.0. The lowest BCUT2D eigenvalue weighted by Crippen LogP contribution is -2.43. The van der Waals surface area contributed by atoms with E-state index in [1.165, 1.54) is 0 Å². The van der Waals surface area contributed by atoms with Crippen molar-refractivity contribution >= 4 is 5.97 Å². The number of hydroxylamine groups is 1. The van der Waals surface area contributed by atoms with E-state index in [2.05, 4.69) is 5.48 Å². The van der Waals surface area contributed by atoms with E-state index in [0.29, 0.717) is 19.4 Å². The third kappa shape index (κ3) is 1.91. The van der Waals surface area contributed by atoms with Crippen molar-refractivity contribution in [3.63, 3.8) is 0 Å². The summed E-state index contributed by atoms with van der Waals surface area (Å²) in [7, 11) is 0. The highest BCUT2D eigenvalue weighted by atomic mass is 16.5. The average molecular weight is 159 g/mol. The lowest BCUT2D eigenvalue weighted by Gasteiger charge is -2.31. The Balaban J connectivity index is 2.16. The lowest BCUT2D eigenvalue weighted by atomic mass is 9.81. The number of hydrogen-bond acceptors (Lipinski definition) is 4. The Hall–Kier alpha value is -0.610. The van der Waals surface area contributed by atoms with Gasteiger partial charge in [-0.15, -0.1) is 0 Å². The topological polar surface area (TPSA) is 58.6 Å². The van der Waals surface area contributed by atoms with E-state index in [9.17, 15) is 4.79 Å². The van der Waals surface area contributed by atoms with E-state index in [4.69, 9.17) is 9.94 Å². The minimum absolute atomic E-state index is 0.000370. The fraction of sp³-hybridized carbons (Fsp3) is 0.857. The first kappa shape index (κ1) is 8.49. The van der Waals surface area contributed by atoms with Crippen molar-refractivity contribution in [3.8, 4) is 0 Å². The molecule has 0 unspecified atom stereocenters. The molecule has 1 aliphatic rings. The van der Waals surface area contributed by atoms with E-state index in [0.717, 1.165) is 0 Å². The fourth-order valence-electron chi connectivity index (χ4n) is 1.18. The van der Waals surface area contributed by atoms with E-state index in [1.54, 1.807) is 6.92 Å². The molecular formula is C7H13NO3. The summed E-state index contributed by atoms with van der Waals surface area (Å²) in [5.41, 5.74) is 2.12. The third-order valence-electron chi connectivity index (χ3n) is 1.94. The summed E-state index contributed by atoms with van der Waals surface area (Å²) in [6, 6.07) is 0.0874. The maximum Gasteiger partial charge on any atom is 0.309 e. The number of hydrogen-bond donors (Lipinski definition) is 2.